The summed E-state index contributed by atoms with van der Waals surface area (Å²) in [5, 5.41) is 4.30. The second kappa shape index (κ2) is 9.52. The molecule has 0 unspecified atom stereocenters. The Morgan fingerprint density at radius 1 is 1.09 bits per heavy atom. The van der Waals surface area contributed by atoms with Crippen molar-refractivity contribution in [1.29, 1.82) is 0 Å². The maximum Gasteiger partial charge on any atom is 0.227 e. The molecule has 2 aromatic carbocycles. The lowest BCUT2D eigenvalue weighted by atomic mass is 9.73. The van der Waals surface area contributed by atoms with E-state index in [0.717, 1.165) is 36.3 Å². The highest BCUT2D eigenvalue weighted by Gasteiger charge is 2.43. The normalized spacial score (nSPS) is 19.5. The maximum atomic E-state index is 13.8. The van der Waals surface area contributed by atoms with Gasteiger partial charge >= 0.3 is 0 Å². The standard InChI is InChI=1S/C27H30Cl2N2O2/c1-4-5-6-14-23(33)31-21-13-8-7-12-19(21)30-20-15-27(2,3)16-22(32)24(20)26(31)17-10-9-11-18(28)25(17)29/h7-13,26,30H,4-6,14-16H2,1-3H3/t26-/m0/s1. The molecule has 0 fully saturated rings. The van der Waals surface area contributed by atoms with Crippen LogP contribution in [-0.4, -0.2) is 11.7 Å². The highest BCUT2D eigenvalue weighted by atomic mass is 35.5. The first-order chi connectivity index (χ1) is 15.7. The van der Waals surface area contributed by atoms with Crippen molar-refractivity contribution in [3.8, 4) is 0 Å². The fourth-order valence-corrected chi connectivity index (χ4v) is 5.35. The SMILES string of the molecule is CCCCCC(=O)N1c2ccccc2NC2=C(C(=O)CC(C)(C)C2)[C@@H]1c1cccc(Cl)c1Cl. The molecule has 2 aromatic rings. The molecule has 0 aromatic heterocycles. The largest absolute Gasteiger partial charge is 0.357 e. The summed E-state index contributed by atoms with van der Waals surface area (Å²) in [6.07, 6.45) is 4.32. The van der Waals surface area contributed by atoms with Gasteiger partial charge in [0.25, 0.3) is 0 Å². The molecule has 0 saturated carbocycles. The number of nitrogens with zero attached hydrogens (tertiary/aromatic N) is 1. The molecule has 6 heteroatoms. The molecule has 2 aliphatic rings. The van der Waals surface area contributed by atoms with Crippen molar-refractivity contribution in [3.63, 3.8) is 0 Å². The smallest absolute Gasteiger partial charge is 0.227 e. The quantitative estimate of drug-likeness (QED) is 0.441. The number of para-hydroxylation sites is 2. The Kier molecular flexibility index (Phi) is 6.88. The lowest BCUT2D eigenvalue weighted by molar-refractivity contribution is -0.119. The van der Waals surface area contributed by atoms with E-state index in [1.807, 2.05) is 36.4 Å². The van der Waals surface area contributed by atoms with Crippen LogP contribution in [0.1, 0.15) is 70.9 Å². The fraction of sp³-hybridized carbons (Fsp3) is 0.407. The third-order valence-electron chi connectivity index (χ3n) is 6.44. The number of allylic oxidation sites excluding steroid dienone is 1. The van der Waals surface area contributed by atoms with Crippen molar-refractivity contribution >= 4 is 46.3 Å². The van der Waals surface area contributed by atoms with Crippen LogP contribution in [0.5, 0.6) is 0 Å². The van der Waals surface area contributed by atoms with E-state index in [2.05, 4.69) is 26.1 Å². The average Bonchev–Trinajstić information content (AvgIpc) is 2.89. The molecule has 4 rings (SSSR count). The lowest BCUT2D eigenvalue weighted by Gasteiger charge is -2.37. The van der Waals surface area contributed by atoms with Gasteiger partial charge in [-0.2, -0.15) is 0 Å². The first kappa shape index (κ1) is 23.8. The molecular weight excluding hydrogens is 455 g/mol. The number of fused-ring (bicyclic) bond motifs is 1. The number of nitrogens with one attached hydrogen (secondary N) is 1. The first-order valence-electron chi connectivity index (χ1n) is 11.6. The minimum Gasteiger partial charge on any atom is -0.357 e. The Balaban J connectivity index is 1.97. The van der Waals surface area contributed by atoms with Crippen LogP contribution in [0.2, 0.25) is 10.0 Å². The van der Waals surface area contributed by atoms with Crippen molar-refractivity contribution < 1.29 is 9.59 Å². The topological polar surface area (TPSA) is 49.4 Å². The van der Waals surface area contributed by atoms with Crippen LogP contribution in [0.3, 0.4) is 0 Å². The number of ketones is 1. The second-order valence-electron chi connectivity index (χ2n) is 9.74. The van der Waals surface area contributed by atoms with Crippen molar-refractivity contribution in [2.24, 2.45) is 5.41 Å². The average molecular weight is 485 g/mol. The minimum atomic E-state index is -0.639. The van der Waals surface area contributed by atoms with E-state index < -0.39 is 6.04 Å². The molecule has 174 valence electrons. The highest BCUT2D eigenvalue weighted by Crippen LogP contribution is 2.50. The fourth-order valence-electron chi connectivity index (χ4n) is 4.93. The second-order valence-corrected chi connectivity index (χ2v) is 10.5. The number of halogens is 2. The summed E-state index contributed by atoms with van der Waals surface area (Å²) in [6.45, 7) is 6.31. The maximum absolute atomic E-state index is 13.8. The summed E-state index contributed by atoms with van der Waals surface area (Å²) in [5.41, 5.74) is 3.53. The van der Waals surface area contributed by atoms with Crippen LogP contribution in [0.15, 0.2) is 53.7 Å². The highest BCUT2D eigenvalue weighted by molar-refractivity contribution is 6.42. The van der Waals surface area contributed by atoms with E-state index in [0.29, 0.717) is 40.4 Å². The summed E-state index contributed by atoms with van der Waals surface area (Å²) in [6, 6.07) is 12.5. The van der Waals surface area contributed by atoms with E-state index in [9.17, 15) is 9.59 Å². The van der Waals surface area contributed by atoms with E-state index in [4.69, 9.17) is 23.2 Å². The van der Waals surface area contributed by atoms with Gasteiger partial charge in [-0.05, 0) is 42.0 Å². The number of unbranched alkanes of at least 4 members (excludes halogenated alkanes) is 2. The van der Waals surface area contributed by atoms with Crippen molar-refractivity contribution in [3.05, 3.63) is 69.3 Å². The molecule has 0 saturated heterocycles. The van der Waals surface area contributed by atoms with Crippen LogP contribution in [0.4, 0.5) is 11.4 Å². The Morgan fingerprint density at radius 2 is 1.85 bits per heavy atom. The zero-order chi connectivity index (χ0) is 23.8. The van der Waals surface area contributed by atoms with Crippen LogP contribution in [0, 0.1) is 5.41 Å². The molecular formula is C27H30Cl2N2O2. The third kappa shape index (κ3) is 4.69. The predicted molar refractivity (Wildman–Crippen MR) is 136 cm³/mol. The van der Waals surface area contributed by atoms with E-state index in [1.54, 1.807) is 11.0 Å². The number of carbonyl (C=O) groups is 2. The molecule has 0 spiro atoms. The van der Waals surface area contributed by atoms with Crippen LogP contribution in [-0.2, 0) is 9.59 Å². The zero-order valence-corrected chi connectivity index (χ0v) is 20.9. The first-order valence-corrected chi connectivity index (χ1v) is 12.4. The van der Waals surface area contributed by atoms with Gasteiger partial charge in [-0.15, -0.1) is 0 Å². The lowest BCUT2D eigenvalue weighted by Crippen LogP contribution is -2.39. The third-order valence-corrected chi connectivity index (χ3v) is 7.27. The molecule has 33 heavy (non-hydrogen) atoms. The number of benzene rings is 2. The van der Waals surface area contributed by atoms with Crippen LogP contribution < -0.4 is 10.2 Å². The van der Waals surface area contributed by atoms with Gasteiger partial charge in [-0.1, -0.05) is 81.1 Å². The molecule has 1 aliphatic carbocycles. The number of hydrogen-bond acceptors (Lipinski definition) is 3. The number of hydrogen-bond donors (Lipinski definition) is 1. The number of Topliss-reactive ketones (excluding diaryl/α,β-unsaturated/α-hetero) is 1. The molecule has 1 N–H and O–H groups in total. The van der Waals surface area contributed by atoms with Gasteiger partial charge in [-0.25, -0.2) is 0 Å². The van der Waals surface area contributed by atoms with Gasteiger partial charge in [-0.3, -0.25) is 14.5 Å². The number of carbonyl (C=O) groups excluding carboxylic acids is 2. The summed E-state index contributed by atoms with van der Waals surface area (Å²) in [5.74, 6) is 0.0130. The van der Waals surface area contributed by atoms with Gasteiger partial charge < -0.3 is 5.32 Å². The summed E-state index contributed by atoms with van der Waals surface area (Å²) in [7, 11) is 0. The Bertz CT molecular complexity index is 1120. The van der Waals surface area contributed by atoms with Crippen LogP contribution >= 0.6 is 23.2 Å². The molecule has 0 bridgehead atoms. The molecule has 4 nitrogen and oxygen atoms in total. The van der Waals surface area contributed by atoms with Crippen molar-refractivity contribution in [1.82, 2.24) is 0 Å². The minimum absolute atomic E-state index is 0.0230. The Labute approximate surface area is 206 Å². The van der Waals surface area contributed by atoms with Crippen LogP contribution in [0.25, 0.3) is 0 Å². The summed E-state index contributed by atoms with van der Waals surface area (Å²) < 4.78 is 0. The Morgan fingerprint density at radius 3 is 2.61 bits per heavy atom. The number of anilines is 2. The van der Waals surface area contributed by atoms with Crippen molar-refractivity contribution in [2.75, 3.05) is 10.2 Å². The molecule has 1 heterocycles. The number of amides is 1. The number of rotatable bonds is 5. The van der Waals surface area contributed by atoms with Gasteiger partial charge in [0.05, 0.1) is 27.5 Å². The molecule has 1 atom stereocenters. The zero-order valence-electron chi connectivity index (χ0n) is 19.4. The van der Waals surface area contributed by atoms with Gasteiger partial charge in [0.15, 0.2) is 5.78 Å². The monoisotopic (exact) mass is 484 g/mol. The predicted octanol–water partition coefficient (Wildman–Crippen LogP) is 7.72. The van der Waals surface area contributed by atoms with Crippen molar-refractivity contribution in [2.45, 2.75) is 65.3 Å². The van der Waals surface area contributed by atoms with Gasteiger partial charge in [0.2, 0.25) is 5.91 Å². The summed E-state index contributed by atoms with van der Waals surface area (Å²) >= 11 is 13.1. The van der Waals surface area contributed by atoms with E-state index >= 15 is 0 Å². The van der Waals surface area contributed by atoms with Gasteiger partial charge in [0, 0.05) is 24.1 Å². The molecule has 1 aliphatic heterocycles. The van der Waals surface area contributed by atoms with E-state index in [-0.39, 0.29) is 17.1 Å². The molecule has 1 amide bonds. The Hall–Kier alpha value is -2.30. The van der Waals surface area contributed by atoms with Gasteiger partial charge in [0.1, 0.15) is 0 Å². The summed E-state index contributed by atoms with van der Waals surface area (Å²) in [4.78, 5) is 29.2. The van der Waals surface area contributed by atoms with E-state index in [1.165, 1.54) is 0 Å². The molecule has 0 radical (unpaired) electrons.